The molecule has 0 atom stereocenters. The SMILES string of the molecule is COc1ccc(CCNCCCS(=O)(=O)O)cc1. The molecule has 0 unspecified atom stereocenters. The van der Waals surface area contributed by atoms with Crippen LogP contribution >= 0.6 is 0 Å². The maximum Gasteiger partial charge on any atom is 0.264 e. The van der Waals surface area contributed by atoms with Gasteiger partial charge in [-0.3, -0.25) is 4.55 Å². The summed E-state index contributed by atoms with van der Waals surface area (Å²) in [6, 6.07) is 7.82. The lowest BCUT2D eigenvalue weighted by Crippen LogP contribution is -2.20. The second kappa shape index (κ2) is 7.35. The number of ether oxygens (including phenoxy) is 1. The van der Waals surface area contributed by atoms with Crippen molar-refractivity contribution in [3.63, 3.8) is 0 Å². The van der Waals surface area contributed by atoms with Gasteiger partial charge >= 0.3 is 0 Å². The molecule has 0 saturated heterocycles. The third-order valence-electron chi connectivity index (χ3n) is 2.51. The van der Waals surface area contributed by atoms with Gasteiger partial charge in [-0.25, -0.2) is 0 Å². The van der Waals surface area contributed by atoms with Crippen LogP contribution in [0.15, 0.2) is 24.3 Å². The van der Waals surface area contributed by atoms with Gasteiger partial charge in [0, 0.05) is 0 Å². The van der Waals surface area contributed by atoms with Gasteiger partial charge in [0.25, 0.3) is 10.1 Å². The Kier molecular flexibility index (Phi) is 6.11. The summed E-state index contributed by atoms with van der Waals surface area (Å²) in [6.45, 7) is 1.35. The van der Waals surface area contributed by atoms with E-state index in [1.165, 1.54) is 5.56 Å². The maximum atomic E-state index is 10.5. The van der Waals surface area contributed by atoms with Gasteiger partial charge in [0.2, 0.25) is 0 Å². The molecule has 6 heteroatoms. The predicted molar refractivity (Wildman–Crippen MR) is 70.6 cm³/mol. The largest absolute Gasteiger partial charge is 0.497 e. The van der Waals surface area contributed by atoms with Crippen LogP contribution in [0.5, 0.6) is 5.75 Å². The highest BCUT2D eigenvalue weighted by molar-refractivity contribution is 7.85. The third kappa shape index (κ3) is 6.58. The second-order valence-corrected chi connectivity index (χ2v) is 5.56. The van der Waals surface area contributed by atoms with E-state index in [-0.39, 0.29) is 5.75 Å². The molecular formula is C12H19NO4S. The van der Waals surface area contributed by atoms with Crippen molar-refractivity contribution < 1.29 is 17.7 Å². The normalized spacial score (nSPS) is 11.4. The van der Waals surface area contributed by atoms with Crippen molar-refractivity contribution in [1.29, 1.82) is 0 Å². The first-order valence-corrected chi connectivity index (χ1v) is 7.41. The highest BCUT2D eigenvalue weighted by atomic mass is 32.2. The van der Waals surface area contributed by atoms with Crippen molar-refractivity contribution in [2.45, 2.75) is 12.8 Å². The molecule has 0 fully saturated rings. The van der Waals surface area contributed by atoms with Gasteiger partial charge in [-0.2, -0.15) is 8.42 Å². The van der Waals surface area contributed by atoms with Gasteiger partial charge in [0.15, 0.2) is 0 Å². The van der Waals surface area contributed by atoms with E-state index in [0.717, 1.165) is 18.7 Å². The minimum atomic E-state index is -3.83. The zero-order valence-corrected chi connectivity index (χ0v) is 11.2. The van der Waals surface area contributed by atoms with Crippen LogP contribution in [0.1, 0.15) is 12.0 Å². The second-order valence-electron chi connectivity index (χ2n) is 3.99. The molecule has 0 aliphatic heterocycles. The van der Waals surface area contributed by atoms with Crippen LogP contribution in [0.3, 0.4) is 0 Å². The molecule has 1 aromatic carbocycles. The van der Waals surface area contributed by atoms with Crippen molar-refractivity contribution in [3.8, 4) is 5.75 Å². The number of rotatable bonds is 8. The summed E-state index contributed by atoms with van der Waals surface area (Å²) in [6.07, 6.45) is 1.29. The summed E-state index contributed by atoms with van der Waals surface area (Å²) in [5.74, 6) is 0.641. The van der Waals surface area contributed by atoms with E-state index in [0.29, 0.717) is 13.0 Å². The van der Waals surface area contributed by atoms with Crippen LogP contribution in [0.25, 0.3) is 0 Å². The Balaban J connectivity index is 2.14. The highest BCUT2D eigenvalue weighted by Crippen LogP contribution is 2.11. The van der Waals surface area contributed by atoms with E-state index in [9.17, 15) is 8.42 Å². The Morgan fingerprint density at radius 3 is 2.44 bits per heavy atom. The Morgan fingerprint density at radius 2 is 1.89 bits per heavy atom. The van der Waals surface area contributed by atoms with Crippen LogP contribution in [-0.2, 0) is 16.5 Å². The molecule has 0 aliphatic carbocycles. The average Bonchev–Trinajstić information content (AvgIpc) is 2.33. The van der Waals surface area contributed by atoms with E-state index < -0.39 is 10.1 Å². The smallest absolute Gasteiger partial charge is 0.264 e. The average molecular weight is 273 g/mol. The molecule has 0 aromatic heterocycles. The summed E-state index contributed by atoms with van der Waals surface area (Å²) in [4.78, 5) is 0. The van der Waals surface area contributed by atoms with Crippen LogP contribution in [0, 0.1) is 0 Å². The fourth-order valence-corrected chi connectivity index (χ4v) is 2.04. The molecule has 0 aliphatic rings. The maximum absolute atomic E-state index is 10.5. The summed E-state index contributed by atoms with van der Waals surface area (Å²) >= 11 is 0. The van der Waals surface area contributed by atoms with Crippen molar-refractivity contribution >= 4 is 10.1 Å². The molecule has 0 bridgehead atoms. The van der Waals surface area contributed by atoms with Crippen molar-refractivity contribution in [3.05, 3.63) is 29.8 Å². The minimum absolute atomic E-state index is 0.192. The molecule has 2 N–H and O–H groups in total. The fourth-order valence-electron chi connectivity index (χ4n) is 1.53. The lowest BCUT2D eigenvalue weighted by atomic mass is 10.1. The van der Waals surface area contributed by atoms with E-state index in [2.05, 4.69) is 5.32 Å². The van der Waals surface area contributed by atoms with E-state index in [1.807, 2.05) is 24.3 Å². The molecule has 1 rings (SSSR count). The topological polar surface area (TPSA) is 75.6 Å². The first-order chi connectivity index (χ1) is 8.51. The van der Waals surface area contributed by atoms with Crippen LogP contribution < -0.4 is 10.1 Å². The quantitative estimate of drug-likeness (QED) is 0.548. The zero-order valence-electron chi connectivity index (χ0n) is 10.4. The standard InChI is InChI=1S/C12H19NO4S/c1-17-12-5-3-11(4-6-12)7-9-13-8-2-10-18(14,15)16/h3-6,13H,2,7-10H2,1H3,(H,14,15,16). The molecule has 0 saturated carbocycles. The predicted octanol–water partition coefficient (Wildman–Crippen LogP) is 1.11. The monoisotopic (exact) mass is 273 g/mol. The van der Waals surface area contributed by atoms with Crippen LogP contribution in [0.4, 0.5) is 0 Å². The molecule has 0 heterocycles. The van der Waals surface area contributed by atoms with Gasteiger partial charge in [-0.15, -0.1) is 0 Å². The molecule has 0 radical (unpaired) electrons. The number of hydrogen-bond acceptors (Lipinski definition) is 4. The van der Waals surface area contributed by atoms with Crippen molar-refractivity contribution in [2.75, 3.05) is 26.0 Å². The van der Waals surface area contributed by atoms with Gasteiger partial charge in [0.05, 0.1) is 12.9 Å². The molecule has 0 amide bonds. The summed E-state index contributed by atoms with van der Waals surface area (Å²) in [5, 5.41) is 3.13. The first-order valence-electron chi connectivity index (χ1n) is 5.80. The van der Waals surface area contributed by atoms with E-state index in [4.69, 9.17) is 9.29 Å². The Bertz CT molecular complexity index is 442. The van der Waals surface area contributed by atoms with Gasteiger partial charge in [0.1, 0.15) is 5.75 Å². The molecule has 1 aromatic rings. The summed E-state index contributed by atoms with van der Waals surface area (Å²) in [7, 11) is -2.19. The number of hydrogen-bond donors (Lipinski definition) is 2. The molecular weight excluding hydrogens is 254 g/mol. The van der Waals surface area contributed by atoms with Gasteiger partial charge < -0.3 is 10.1 Å². The summed E-state index contributed by atoms with van der Waals surface area (Å²) < 4.78 is 34.5. The molecule has 0 spiro atoms. The van der Waals surface area contributed by atoms with E-state index >= 15 is 0 Å². The Labute approximate surface area is 108 Å². The van der Waals surface area contributed by atoms with Gasteiger partial charge in [-0.1, -0.05) is 12.1 Å². The van der Waals surface area contributed by atoms with E-state index in [1.54, 1.807) is 7.11 Å². The van der Waals surface area contributed by atoms with Crippen LogP contribution in [0.2, 0.25) is 0 Å². The molecule has 102 valence electrons. The number of benzene rings is 1. The molecule has 5 nitrogen and oxygen atoms in total. The zero-order chi connectivity index (χ0) is 13.4. The Hall–Kier alpha value is -1.11. The first kappa shape index (κ1) is 14.9. The number of methoxy groups -OCH3 is 1. The fraction of sp³-hybridized carbons (Fsp3) is 0.500. The van der Waals surface area contributed by atoms with Crippen molar-refractivity contribution in [2.24, 2.45) is 0 Å². The number of nitrogens with one attached hydrogen (secondary N) is 1. The van der Waals surface area contributed by atoms with Gasteiger partial charge in [-0.05, 0) is 43.6 Å². The molecule has 18 heavy (non-hydrogen) atoms. The minimum Gasteiger partial charge on any atom is -0.497 e. The van der Waals surface area contributed by atoms with Crippen molar-refractivity contribution in [1.82, 2.24) is 5.32 Å². The lowest BCUT2D eigenvalue weighted by molar-refractivity contribution is 0.414. The third-order valence-corrected chi connectivity index (χ3v) is 3.31. The van der Waals surface area contributed by atoms with Crippen LogP contribution in [-0.4, -0.2) is 38.9 Å². The lowest BCUT2D eigenvalue weighted by Gasteiger charge is -2.05. The highest BCUT2D eigenvalue weighted by Gasteiger charge is 2.02. The Morgan fingerprint density at radius 1 is 1.22 bits per heavy atom. The summed E-state index contributed by atoms with van der Waals surface area (Å²) in [5.41, 5.74) is 1.19.